The summed E-state index contributed by atoms with van der Waals surface area (Å²) < 4.78 is 23.2. The Hall–Kier alpha value is -2.45. The molecule has 0 spiro atoms. The Morgan fingerprint density at radius 2 is 1.82 bits per heavy atom. The van der Waals surface area contributed by atoms with Crippen LogP contribution in [0, 0.1) is 34.5 Å². The first-order valence-electron chi connectivity index (χ1n) is 17.4. The van der Waals surface area contributed by atoms with E-state index in [2.05, 4.69) is 39.0 Å². The zero-order valence-corrected chi connectivity index (χ0v) is 27.9. The molecule has 3 fully saturated rings. The van der Waals surface area contributed by atoms with Crippen molar-refractivity contribution in [3.63, 3.8) is 0 Å². The van der Waals surface area contributed by atoms with E-state index in [1.54, 1.807) is 11.6 Å². The molecule has 45 heavy (non-hydrogen) atoms. The lowest BCUT2D eigenvalue weighted by molar-refractivity contribution is -0.213. The van der Waals surface area contributed by atoms with Gasteiger partial charge in [0, 0.05) is 19.8 Å². The molecule has 5 aliphatic carbocycles. The van der Waals surface area contributed by atoms with Crippen LogP contribution in [0.5, 0.6) is 0 Å². The van der Waals surface area contributed by atoms with Gasteiger partial charge in [-0.2, -0.15) is 0 Å². The van der Waals surface area contributed by atoms with Crippen LogP contribution in [0.1, 0.15) is 105 Å². The van der Waals surface area contributed by atoms with Crippen LogP contribution in [-0.2, 0) is 33.4 Å². The van der Waals surface area contributed by atoms with Crippen LogP contribution in [0.25, 0.3) is 0 Å². The predicted octanol–water partition coefficient (Wildman–Crippen LogP) is 7.23. The van der Waals surface area contributed by atoms with E-state index in [0.29, 0.717) is 17.3 Å². The largest absolute Gasteiger partial charge is 0.463 e. The summed E-state index contributed by atoms with van der Waals surface area (Å²) in [7, 11) is 0. The number of hydrogen-bond donors (Lipinski definition) is 0. The molecular weight excluding hydrogens is 570 g/mol. The lowest BCUT2D eigenvalue weighted by Crippen LogP contribution is -2.51. The summed E-state index contributed by atoms with van der Waals surface area (Å²) in [6, 6.07) is 0. The third-order valence-electron chi connectivity index (χ3n) is 12.3. The number of rotatable bonds is 8. The normalized spacial score (nSPS) is 42.6. The molecule has 0 bridgehead atoms. The molecule has 8 nitrogen and oxygen atoms in total. The van der Waals surface area contributed by atoms with Crippen molar-refractivity contribution in [3.8, 4) is 0 Å². The van der Waals surface area contributed by atoms with Gasteiger partial charge in [-0.25, -0.2) is 0 Å². The van der Waals surface area contributed by atoms with Crippen molar-refractivity contribution in [1.29, 1.82) is 0 Å². The van der Waals surface area contributed by atoms with Gasteiger partial charge in [-0.05, 0) is 124 Å². The van der Waals surface area contributed by atoms with E-state index in [1.165, 1.54) is 51.7 Å². The van der Waals surface area contributed by atoms with E-state index in [-0.39, 0.29) is 24.2 Å². The molecule has 11 atom stereocenters. The summed E-state index contributed by atoms with van der Waals surface area (Å²) in [5, 5.41) is 4.73. The Balaban J connectivity index is 1.09. The molecule has 0 aromatic rings. The van der Waals surface area contributed by atoms with Crippen molar-refractivity contribution in [2.24, 2.45) is 39.7 Å². The number of hydrogen-bond acceptors (Lipinski definition) is 8. The fourth-order valence-corrected chi connectivity index (χ4v) is 10.0. The standard InChI is InChI=1S/C37H53NO7/c1-23(38-45-27-9-7-6-8-10-27)30-13-14-31-29-12-11-26-21-28(17-19-36(26,4)32(29)18-20-37(30,31)5)43-35-16-15-33(42-25(3)40)34(44-35)22-41-24(2)39/h7,9,11,15-16,27-35H,6,8,10,12-14,17-22H2,1-5H3/b38-23+/t27?,28-,29?,30+,31?,32?,33-,34+,35?,36-,37+/m0/s1. The highest BCUT2D eigenvalue weighted by molar-refractivity contribution is 5.85. The van der Waals surface area contributed by atoms with E-state index < -0.39 is 30.4 Å². The summed E-state index contributed by atoms with van der Waals surface area (Å²) in [6.07, 6.45) is 21.6. The van der Waals surface area contributed by atoms with Gasteiger partial charge in [-0.1, -0.05) is 36.7 Å². The molecule has 1 aliphatic heterocycles. The Kier molecular flexibility index (Phi) is 9.64. The molecule has 6 aliphatic rings. The molecule has 0 saturated heterocycles. The molecule has 8 heteroatoms. The van der Waals surface area contributed by atoms with Crippen LogP contribution in [0.2, 0.25) is 0 Å². The van der Waals surface area contributed by atoms with Gasteiger partial charge in [-0.15, -0.1) is 0 Å². The molecule has 3 saturated carbocycles. The van der Waals surface area contributed by atoms with Crippen molar-refractivity contribution >= 4 is 17.7 Å². The fourth-order valence-electron chi connectivity index (χ4n) is 10.0. The maximum atomic E-state index is 11.6. The van der Waals surface area contributed by atoms with Gasteiger partial charge in [-0.3, -0.25) is 9.59 Å². The van der Waals surface area contributed by atoms with Gasteiger partial charge in [0.1, 0.15) is 24.9 Å². The Labute approximate surface area is 269 Å². The van der Waals surface area contributed by atoms with Crippen LogP contribution in [0.15, 0.2) is 41.1 Å². The number of oxime groups is 1. The van der Waals surface area contributed by atoms with Crippen molar-refractivity contribution in [2.75, 3.05) is 6.61 Å². The summed E-state index contributed by atoms with van der Waals surface area (Å²) >= 11 is 0. The second kappa shape index (κ2) is 13.3. The number of esters is 2. The predicted molar refractivity (Wildman–Crippen MR) is 171 cm³/mol. The molecular formula is C37H53NO7. The average Bonchev–Trinajstić information content (AvgIpc) is 3.37. The van der Waals surface area contributed by atoms with Crippen LogP contribution in [0.3, 0.4) is 0 Å². The van der Waals surface area contributed by atoms with Crippen molar-refractivity contribution in [3.05, 3.63) is 36.0 Å². The van der Waals surface area contributed by atoms with Gasteiger partial charge < -0.3 is 23.8 Å². The Morgan fingerprint density at radius 1 is 0.978 bits per heavy atom. The van der Waals surface area contributed by atoms with Gasteiger partial charge in [0.25, 0.3) is 0 Å². The highest BCUT2D eigenvalue weighted by Crippen LogP contribution is 2.66. The van der Waals surface area contributed by atoms with Crippen molar-refractivity contribution < 1.29 is 33.4 Å². The van der Waals surface area contributed by atoms with E-state index in [4.69, 9.17) is 28.9 Å². The maximum Gasteiger partial charge on any atom is 0.303 e. The van der Waals surface area contributed by atoms with Gasteiger partial charge in [0.15, 0.2) is 6.29 Å². The van der Waals surface area contributed by atoms with Crippen LogP contribution in [0.4, 0.5) is 0 Å². The van der Waals surface area contributed by atoms with E-state index in [0.717, 1.165) is 50.4 Å². The first-order valence-corrected chi connectivity index (χ1v) is 17.4. The smallest absolute Gasteiger partial charge is 0.303 e. The maximum absolute atomic E-state index is 11.6. The highest BCUT2D eigenvalue weighted by Gasteiger charge is 2.59. The minimum atomic E-state index is -0.613. The number of allylic oxidation sites excluding steroid dienone is 2. The van der Waals surface area contributed by atoms with Gasteiger partial charge in [0.05, 0.1) is 11.8 Å². The molecule has 0 N–H and O–H groups in total. The number of ether oxygens (including phenoxy) is 4. The molecule has 0 radical (unpaired) electrons. The topological polar surface area (TPSA) is 92.7 Å². The first kappa shape index (κ1) is 32.5. The molecule has 1 heterocycles. The molecule has 0 aromatic carbocycles. The second-order valence-electron chi connectivity index (χ2n) is 15.0. The highest BCUT2D eigenvalue weighted by atomic mass is 16.7. The van der Waals surface area contributed by atoms with Gasteiger partial charge >= 0.3 is 11.9 Å². The third-order valence-corrected chi connectivity index (χ3v) is 12.3. The minimum Gasteiger partial charge on any atom is -0.463 e. The fraction of sp³-hybridized carbons (Fsp3) is 0.757. The monoisotopic (exact) mass is 623 g/mol. The van der Waals surface area contributed by atoms with Crippen molar-refractivity contribution in [1.82, 2.24) is 0 Å². The van der Waals surface area contributed by atoms with E-state index in [1.807, 2.05) is 6.08 Å². The quantitative estimate of drug-likeness (QED) is 0.122. The summed E-state index contributed by atoms with van der Waals surface area (Å²) in [6.45, 7) is 10.0. The molecule has 6 rings (SSSR count). The SMILES string of the molecule is CC(=O)OC[C@H]1OC(O[C@H]2CC[C@@]3(C)C(=CCC4C3CC[C@@]3(C)C4CC[C@@H]3/C(C)=N/OC3C=CCCC3)C2)C=C[C@@H]1OC(C)=O. The summed E-state index contributed by atoms with van der Waals surface area (Å²) in [4.78, 5) is 29.0. The van der Waals surface area contributed by atoms with Crippen LogP contribution < -0.4 is 0 Å². The van der Waals surface area contributed by atoms with Crippen LogP contribution in [-0.4, -0.2) is 55.0 Å². The van der Waals surface area contributed by atoms with Gasteiger partial charge in [0.2, 0.25) is 0 Å². The third kappa shape index (κ3) is 6.69. The number of carbonyl (C=O) groups excluding carboxylic acids is 2. The average molecular weight is 624 g/mol. The van der Waals surface area contributed by atoms with E-state index >= 15 is 0 Å². The molecule has 5 unspecified atom stereocenters. The molecule has 248 valence electrons. The number of nitrogens with zero attached hydrogens (tertiary/aromatic N) is 1. The lowest BCUT2D eigenvalue weighted by atomic mass is 9.47. The first-order chi connectivity index (χ1) is 21.6. The summed E-state index contributed by atoms with van der Waals surface area (Å²) in [5.74, 6) is 1.86. The van der Waals surface area contributed by atoms with Crippen molar-refractivity contribution in [2.45, 2.75) is 136 Å². The summed E-state index contributed by atoms with van der Waals surface area (Å²) in [5.41, 5.74) is 3.25. The molecule has 0 amide bonds. The Bertz CT molecular complexity index is 1240. The minimum absolute atomic E-state index is 0.00560. The zero-order chi connectivity index (χ0) is 31.8. The number of carbonyl (C=O) groups is 2. The van der Waals surface area contributed by atoms with Crippen LogP contribution >= 0.6 is 0 Å². The number of fused-ring (bicyclic) bond motifs is 5. The second-order valence-corrected chi connectivity index (χ2v) is 15.0. The van der Waals surface area contributed by atoms with E-state index in [9.17, 15) is 9.59 Å². The molecule has 0 aromatic heterocycles. The Morgan fingerprint density at radius 3 is 2.58 bits per heavy atom. The lowest BCUT2D eigenvalue weighted by Gasteiger charge is -2.58. The zero-order valence-electron chi connectivity index (χ0n) is 27.9.